The molecule has 0 aliphatic carbocycles. The highest BCUT2D eigenvalue weighted by Gasteiger charge is 2.35. The Kier molecular flexibility index (Phi) is 5.02. The summed E-state index contributed by atoms with van der Waals surface area (Å²) in [6.45, 7) is 5.31. The molecule has 2 rings (SSSR count). The summed E-state index contributed by atoms with van der Waals surface area (Å²) < 4.78 is 0. The van der Waals surface area contributed by atoms with Crippen LogP contribution in [0.3, 0.4) is 0 Å². The predicted octanol–water partition coefficient (Wildman–Crippen LogP) is 1.77. The highest BCUT2D eigenvalue weighted by atomic mass is 35.5. The molecule has 1 fully saturated rings. The van der Waals surface area contributed by atoms with E-state index in [2.05, 4.69) is 10.2 Å². The first-order chi connectivity index (χ1) is 9.47. The van der Waals surface area contributed by atoms with Crippen LogP contribution in [0.1, 0.15) is 25.8 Å². The number of nitrogens with two attached hydrogens (primary N) is 1. The van der Waals surface area contributed by atoms with Gasteiger partial charge in [0.15, 0.2) is 0 Å². The number of carbonyl (C=O) groups excluding carboxylic acids is 1. The quantitative estimate of drug-likeness (QED) is 0.890. The number of nitrogens with one attached hydrogen (secondary N) is 1. The Hall–Kier alpha value is -1.10. The van der Waals surface area contributed by atoms with Gasteiger partial charge >= 0.3 is 0 Å². The first-order valence-electron chi connectivity index (χ1n) is 7.00. The van der Waals surface area contributed by atoms with E-state index in [9.17, 15) is 4.79 Å². The van der Waals surface area contributed by atoms with Crippen molar-refractivity contribution in [2.24, 2.45) is 5.73 Å². The minimum atomic E-state index is -0.163. The summed E-state index contributed by atoms with van der Waals surface area (Å²) in [5.74, 6) is 0.0556. The molecule has 3 N–H and O–H groups in total. The molecule has 20 heavy (non-hydrogen) atoms. The van der Waals surface area contributed by atoms with Gasteiger partial charge in [0.05, 0.1) is 6.04 Å². The molecule has 5 heteroatoms. The van der Waals surface area contributed by atoms with Crippen LogP contribution in [0.15, 0.2) is 24.3 Å². The first kappa shape index (κ1) is 15.3. The molecule has 2 atom stereocenters. The van der Waals surface area contributed by atoms with Crippen molar-refractivity contribution in [1.29, 1.82) is 0 Å². The third-order valence-electron chi connectivity index (χ3n) is 3.50. The molecule has 0 bridgehead atoms. The van der Waals surface area contributed by atoms with Crippen molar-refractivity contribution in [3.63, 3.8) is 0 Å². The number of nitrogens with zero attached hydrogens (tertiary/aromatic N) is 1. The summed E-state index contributed by atoms with van der Waals surface area (Å²) in [7, 11) is 0. The smallest absolute Gasteiger partial charge is 0.237 e. The molecule has 0 aromatic heterocycles. The Labute approximate surface area is 125 Å². The second-order valence-electron chi connectivity index (χ2n) is 5.70. The minimum Gasteiger partial charge on any atom is -0.353 e. The molecular formula is C15H22ClN3O. The molecular weight excluding hydrogens is 274 g/mol. The van der Waals surface area contributed by atoms with Gasteiger partial charge in [0.2, 0.25) is 5.91 Å². The van der Waals surface area contributed by atoms with Gasteiger partial charge in [-0.1, -0.05) is 29.8 Å². The number of benzene rings is 1. The van der Waals surface area contributed by atoms with Crippen LogP contribution in [-0.4, -0.2) is 35.5 Å². The summed E-state index contributed by atoms with van der Waals surface area (Å²) in [5.41, 5.74) is 7.05. The lowest BCUT2D eigenvalue weighted by atomic mass is 10.1. The summed E-state index contributed by atoms with van der Waals surface area (Å²) in [5, 5.41) is 3.70. The molecule has 110 valence electrons. The first-order valence-corrected chi connectivity index (χ1v) is 7.38. The molecule has 1 aromatic carbocycles. The lowest BCUT2D eigenvalue weighted by Gasteiger charge is -2.24. The summed E-state index contributed by atoms with van der Waals surface area (Å²) >= 11 is 6.19. The van der Waals surface area contributed by atoms with Gasteiger partial charge in [-0.05, 0) is 31.9 Å². The van der Waals surface area contributed by atoms with Crippen LogP contribution in [0.2, 0.25) is 5.02 Å². The van der Waals surface area contributed by atoms with Crippen LogP contribution >= 0.6 is 11.6 Å². The number of amides is 1. The van der Waals surface area contributed by atoms with Gasteiger partial charge in [-0.25, -0.2) is 0 Å². The molecule has 0 saturated carbocycles. The number of halogens is 1. The van der Waals surface area contributed by atoms with Crippen molar-refractivity contribution in [2.45, 2.75) is 44.9 Å². The zero-order chi connectivity index (χ0) is 14.7. The second kappa shape index (κ2) is 6.57. The van der Waals surface area contributed by atoms with Gasteiger partial charge in [0.25, 0.3) is 0 Å². The molecule has 0 unspecified atom stereocenters. The topological polar surface area (TPSA) is 58.4 Å². The Morgan fingerprint density at radius 3 is 2.85 bits per heavy atom. The zero-order valence-corrected chi connectivity index (χ0v) is 12.7. The van der Waals surface area contributed by atoms with E-state index in [1.807, 2.05) is 38.1 Å². The normalized spacial score (nSPS) is 23.2. The monoisotopic (exact) mass is 295 g/mol. The maximum atomic E-state index is 12.2. The fraction of sp³-hybridized carbons (Fsp3) is 0.533. The second-order valence-corrected chi connectivity index (χ2v) is 6.10. The van der Waals surface area contributed by atoms with Crippen molar-refractivity contribution in [3.05, 3.63) is 34.9 Å². The number of likely N-dealkylation sites (tertiary alicyclic amines) is 1. The fourth-order valence-electron chi connectivity index (χ4n) is 2.61. The van der Waals surface area contributed by atoms with E-state index in [1.165, 1.54) is 0 Å². The number of hydrogen-bond donors (Lipinski definition) is 2. The number of hydrogen-bond acceptors (Lipinski definition) is 3. The molecule has 4 nitrogen and oxygen atoms in total. The van der Waals surface area contributed by atoms with E-state index in [-0.39, 0.29) is 24.0 Å². The van der Waals surface area contributed by atoms with Crippen LogP contribution in [0.4, 0.5) is 0 Å². The Morgan fingerprint density at radius 2 is 2.20 bits per heavy atom. The standard InChI is InChI=1S/C15H22ClN3O/c1-10(2)18-15(20)14-7-12(17)9-19(14)8-11-5-3-4-6-13(11)16/h3-6,10,12,14H,7-9,17H2,1-2H3,(H,18,20)/t12-,14+/m1/s1. The third-order valence-corrected chi connectivity index (χ3v) is 3.87. The van der Waals surface area contributed by atoms with Crippen LogP contribution in [0.5, 0.6) is 0 Å². The van der Waals surface area contributed by atoms with Crippen molar-refractivity contribution in [3.8, 4) is 0 Å². The van der Waals surface area contributed by atoms with Crippen molar-refractivity contribution < 1.29 is 4.79 Å². The van der Waals surface area contributed by atoms with E-state index in [0.29, 0.717) is 13.0 Å². The van der Waals surface area contributed by atoms with Gasteiger partial charge in [0, 0.05) is 30.2 Å². The molecule has 1 heterocycles. The summed E-state index contributed by atoms with van der Waals surface area (Å²) in [6.07, 6.45) is 0.697. The van der Waals surface area contributed by atoms with Crippen LogP contribution in [0, 0.1) is 0 Å². The lowest BCUT2D eigenvalue weighted by molar-refractivity contribution is -0.126. The van der Waals surface area contributed by atoms with E-state index in [4.69, 9.17) is 17.3 Å². The van der Waals surface area contributed by atoms with E-state index in [0.717, 1.165) is 17.1 Å². The predicted molar refractivity (Wildman–Crippen MR) is 81.5 cm³/mol. The SMILES string of the molecule is CC(C)NC(=O)[C@@H]1C[C@@H](N)CN1Cc1ccccc1Cl. The van der Waals surface area contributed by atoms with Gasteiger partial charge in [-0.3, -0.25) is 9.69 Å². The van der Waals surface area contributed by atoms with E-state index in [1.54, 1.807) is 0 Å². The van der Waals surface area contributed by atoms with E-state index < -0.39 is 0 Å². The Morgan fingerprint density at radius 1 is 1.50 bits per heavy atom. The van der Waals surface area contributed by atoms with Crippen molar-refractivity contribution in [2.75, 3.05) is 6.54 Å². The van der Waals surface area contributed by atoms with Gasteiger partial charge in [0.1, 0.15) is 0 Å². The molecule has 1 saturated heterocycles. The van der Waals surface area contributed by atoms with Crippen LogP contribution in [-0.2, 0) is 11.3 Å². The van der Waals surface area contributed by atoms with Crippen molar-refractivity contribution in [1.82, 2.24) is 10.2 Å². The summed E-state index contributed by atoms with van der Waals surface area (Å²) in [4.78, 5) is 14.4. The molecule has 1 aromatic rings. The Bertz CT molecular complexity index is 478. The van der Waals surface area contributed by atoms with E-state index >= 15 is 0 Å². The highest BCUT2D eigenvalue weighted by molar-refractivity contribution is 6.31. The maximum Gasteiger partial charge on any atom is 0.237 e. The van der Waals surface area contributed by atoms with Gasteiger partial charge < -0.3 is 11.1 Å². The van der Waals surface area contributed by atoms with Crippen molar-refractivity contribution >= 4 is 17.5 Å². The third kappa shape index (κ3) is 3.72. The molecule has 0 radical (unpaired) electrons. The molecule has 1 aliphatic heterocycles. The van der Waals surface area contributed by atoms with Crippen LogP contribution < -0.4 is 11.1 Å². The Balaban J connectivity index is 2.09. The number of carbonyl (C=O) groups is 1. The zero-order valence-electron chi connectivity index (χ0n) is 12.0. The molecule has 0 spiro atoms. The van der Waals surface area contributed by atoms with Crippen LogP contribution in [0.25, 0.3) is 0 Å². The van der Waals surface area contributed by atoms with Gasteiger partial charge in [-0.15, -0.1) is 0 Å². The van der Waals surface area contributed by atoms with Gasteiger partial charge in [-0.2, -0.15) is 0 Å². The molecule has 1 aliphatic rings. The average Bonchev–Trinajstić information content (AvgIpc) is 2.72. The summed E-state index contributed by atoms with van der Waals surface area (Å²) in [6, 6.07) is 7.75. The molecule has 1 amide bonds. The minimum absolute atomic E-state index is 0.0420. The fourth-order valence-corrected chi connectivity index (χ4v) is 2.81. The number of rotatable bonds is 4. The largest absolute Gasteiger partial charge is 0.353 e. The lowest BCUT2D eigenvalue weighted by Crippen LogP contribution is -2.45. The average molecular weight is 296 g/mol. The highest BCUT2D eigenvalue weighted by Crippen LogP contribution is 2.23. The maximum absolute atomic E-state index is 12.2.